The molecule has 0 atom stereocenters. The van der Waals surface area contributed by atoms with Crippen molar-refractivity contribution in [2.45, 2.75) is 0 Å². The fourth-order valence-electron chi connectivity index (χ4n) is 2.46. The molecule has 3 heteroatoms. The first-order valence-electron chi connectivity index (χ1n) is 7.37. The third kappa shape index (κ3) is 3.30. The van der Waals surface area contributed by atoms with Crippen molar-refractivity contribution in [2.24, 2.45) is 0 Å². The number of methoxy groups -OCH3 is 2. The summed E-state index contributed by atoms with van der Waals surface area (Å²) in [5.41, 5.74) is 0. The second-order valence-electron chi connectivity index (χ2n) is 4.95. The number of hydrogen-bond donors (Lipinski definition) is 0. The Bertz CT molecular complexity index is 838. The van der Waals surface area contributed by atoms with Gasteiger partial charge >= 0.3 is 0 Å². The second-order valence-corrected chi connectivity index (χ2v) is 6.03. The van der Waals surface area contributed by atoms with Crippen LogP contribution in [0.4, 0.5) is 0 Å². The zero-order valence-electron chi connectivity index (χ0n) is 13.2. The smallest absolute Gasteiger partial charge is 0.160 e. The highest BCUT2D eigenvalue weighted by Gasteiger charge is 2.01. The molecule has 4 rings (SSSR count). The fourth-order valence-corrected chi connectivity index (χ4v) is 3.57. The molecular weight excluding hydrogens is 304 g/mol. The van der Waals surface area contributed by atoms with E-state index in [1.165, 1.54) is 20.2 Å². The number of para-hydroxylation sites is 2. The molecule has 1 heterocycles. The number of hydrogen-bond acceptors (Lipinski definition) is 3. The lowest BCUT2D eigenvalue weighted by molar-refractivity contribution is 0.355. The lowest BCUT2D eigenvalue weighted by Gasteiger charge is -2.04. The third-order valence-electron chi connectivity index (χ3n) is 3.57. The van der Waals surface area contributed by atoms with Crippen molar-refractivity contribution in [3.05, 3.63) is 72.8 Å². The Morgan fingerprint density at radius 3 is 1.39 bits per heavy atom. The number of fused-ring (bicyclic) bond motifs is 3. The topological polar surface area (TPSA) is 18.5 Å². The number of benzene rings is 3. The molecule has 0 saturated heterocycles. The first-order chi connectivity index (χ1) is 11.3. The van der Waals surface area contributed by atoms with Crippen molar-refractivity contribution in [3.8, 4) is 11.5 Å². The van der Waals surface area contributed by atoms with Crippen molar-refractivity contribution in [2.75, 3.05) is 14.2 Å². The zero-order chi connectivity index (χ0) is 16.1. The van der Waals surface area contributed by atoms with Crippen LogP contribution >= 0.6 is 11.3 Å². The van der Waals surface area contributed by atoms with Gasteiger partial charge in [0.2, 0.25) is 0 Å². The van der Waals surface area contributed by atoms with Crippen molar-refractivity contribution in [3.63, 3.8) is 0 Å². The lowest BCUT2D eigenvalue weighted by atomic mass is 10.2. The molecule has 0 bridgehead atoms. The molecular formula is C20H18O2S. The Morgan fingerprint density at radius 2 is 0.957 bits per heavy atom. The van der Waals surface area contributed by atoms with Gasteiger partial charge in [-0.3, -0.25) is 0 Å². The van der Waals surface area contributed by atoms with Gasteiger partial charge in [-0.2, -0.15) is 0 Å². The van der Waals surface area contributed by atoms with Crippen molar-refractivity contribution in [1.29, 1.82) is 0 Å². The van der Waals surface area contributed by atoms with Crippen molar-refractivity contribution in [1.82, 2.24) is 0 Å². The summed E-state index contributed by atoms with van der Waals surface area (Å²) in [6, 6.07) is 24.7. The summed E-state index contributed by atoms with van der Waals surface area (Å²) in [4.78, 5) is 0. The third-order valence-corrected chi connectivity index (χ3v) is 4.73. The summed E-state index contributed by atoms with van der Waals surface area (Å²) in [6.07, 6.45) is 0. The van der Waals surface area contributed by atoms with E-state index in [0.717, 1.165) is 11.5 Å². The highest BCUT2D eigenvalue weighted by molar-refractivity contribution is 7.25. The van der Waals surface area contributed by atoms with E-state index in [-0.39, 0.29) is 0 Å². The Balaban J connectivity index is 0.000000142. The molecule has 0 aliphatic heterocycles. The van der Waals surface area contributed by atoms with Crippen LogP contribution in [0.15, 0.2) is 72.8 Å². The highest BCUT2D eigenvalue weighted by atomic mass is 32.1. The number of ether oxygens (including phenoxy) is 2. The van der Waals surface area contributed by atoms with Gasteiger partial charge in [-0.1, -0.05) is 48.5 Å². The number of rotatable bonds is 2. The molecule has 0 aliphatic carbocycles. The van der Waals surface area contributed by atoms with Crippen LogP contribution in [0.1, 0.15) is 0 Å². The van der Waals surface area contributed by atoms with Crippen LogP contribution < -0.4 is 9.47 Å². The van der Waals surface area contributed by atoms with Crippen LogP contribution in [0.3, 0.4) is 0 Å². The maximum absolute atomic E-state index is 5.01. The van der Waals surface area contributed by atoms with Crippen LogP contribution in [0, 0.1) is 0 Å². The van der Waals surface area contributed by atoms with Crippen LogP contribution in [-0.4, -0.2) is 14.2 Å². The monoisotopic (exact) mass is 322 g/mol. The molecule has 0 spiro atoms. The standard InChI is InChI=1S/C12H8S.C8H10O2/c1-3-7-11-9(5-1)10-6-2-4-8-12(10)13-11;1-9-7-5-3-4-6-8(7)10-2/h1-8H;3-6H,1-2H3. The van der Waals surface area contributed by atoms with Crippen LogP contribution in [0.5, 0.6) is 11.5 Å². The highest BCUT2D eigenvalue weighted by Crippen LogP contribution is 2.32. The maximum Gasteiger partial charge on any atom is 0.160 e. The van der Waals surface area contributed by atoms with E-state index >= 15 is 0 Å². The van der Waals surface area contributed by atoms with E-state index in [4.69, 9.17) is 9.47 Å². The number of thiophene rings is 1. The van der Waals surface area contributed by atoms with E-state index in [1.807, 2.05) is 35.6 Å². The quantitative estimate of drug-likeness (QED) is 0.467. The normalized spacial score (nSPS) is 10.2. The molecule has 116 valence electrons. The zero-order valence-corrected chi connectivity index (χ0v) is 14.0. The van der Waals surface area contributed by atoms with Gasteiger partial charge in [0.25, 0.3) is 0 Å². The average Bonchev–Trinajstić information content (AvgIpc) is 3.01. The Hall–Kier alpha value is -2.52. The minimum absolute atomic E-state index is 0.769. The average molecular weight is 322 g/mol. The Labute approximate surface area is 139 Å². The van der Waals surface area contributed by atoms with Gasteiger partial charge < -0.3 is 9.47 Å². The summed E-state index contributed by atoms with van der Waals surface area (Å²) < 4.78 is 12.8. The molecule has 1 aromatic heterocycles. The molecule has 0 aliphatic rings. The van der Waals surface area contributed by atoms with Crippen molar-refractivity contribution < 1.29 is 9.47 Å². The molecule has 0 fully saturated rings. The van der Waals surface area contributed by atoms with E-state index in [9.17, 15) is 0 Å². The minimum atomic E-state index is 0.769. The van der Waals surface area contributed by atoms with E-state index in [1.54, 1.807) is 14.2 Å². The van der Waals surface area contributed by atoms with Gasteiger partial charge in [0.15, 0.2) is 11.5 Å². The molecule has 4 aromatic rings. The van der Waals surface area contributed by atoms with E-state index < -0.39 is 0 Å². The predicted octanol–water partition coefficient (Wildman–Crippen LogP) is 5.76. The lowest BCUT2D eigenvalue weighted by Crippen LogP contribution is -1.88. The first-order valence-corrected chi connectivity index (χ1v) is 8.18. The molecule has 0 N–H and O–H groups in total. The summed E-state index contributed by atoms with van der Waals surface area (Å²) >= 11 is 1.86. The van der Waals surface area contributed by atoms with Gasteiger partial charge in [0.05, 0.1) is 14.2 Å². The van der Waals surface area contributed by atoms with Crippen molar-refractivity contribution >= 4 is 31.5 Å². The summed E-state index contributed by atoms with van der Waals surface area (Å²) in [7, 11) is 3.25. The molecule has 23 heavy (non-hydrogen) atoms. The van der Waals surface area contributed by atoms with Crippen LogP contribution in [0.25, 0.3) is 20.2 Å². The predicted molar refractivity (Wildman–Crippen MR) is 98.9 cm³/mol. The van der Waals surface area contributed by atoms with Gasteiger partial charge in [-0.15, -0.1) is 11.3 Å². The fraction of sp³-hybridized carbons (Fsp3) is 0.100. The second kappa shape index (κ2) is 7.16. The van der Waals surface area contributed by atoms with Crippen LogP contribution in [-0.2, 0) is 0 Å². The largest absolute Gasteiger partial charge is 0.493 e. The molecule has 0 radical (unpaired) electrons. The van der Waals surface area contributed by atoms with Gasteiger partial charge in [0, 0.05) is 20.2 Å². The SMILES string of the molecule is COc1ccccc1OC.c1ccc2c(c1)sc1ccccc12. The van der Waals surface area contributed by atoms with Gasteiger partial charge in [-0.05, 0) is 24.3 Å². The Morgan fingerprint density at radius 1 is 0.565 bits per heavy atom. The minimum Gasteiger partial charge on any atom is -0.493 e. The van der Waals surface area contributed by atoms with Gasteiger partial charge in [-0.25, -0.2) is 0 Å². The summed E-state index contributed by atoms with van der Waals surface area (Å²) in [5.74, 6) is 1.54. The molecule has 0 unspecified atom stereocenters. The summed E-state index contributed by atoms with van der Waals surface area (Å²) in [6.45, 7) is 0. The van der Waals surface area contributed by atoms with Crippen LogP contribution in [0.2, 0.25) is 0 Å². The van der Waals surface area contributed by atoms with E-state index in [2.05, 4.69) is 48.5 Å². The maximum atomic E-state index is 5.01. The molecule has 3 aromatic carbocycles. The first kappa shape index (κ1) is 15.4. The molecule has 0 amide bonds. The molecule has 0 saturated carbocycles. The van der Waals surface area contributed by atoms with E-state index in [0.29, 0.717) is 0 Å². The molecule has 2 nitrogen and oxygen atoms in total. The van der Waals surface area contributed by atoms with Gasteiger partial charge in [0.1, 0.15) is 0 Å². The Kier molecular flexibility index (Phi) is 4.79. The summed E-state index contributed by atoms with van der Waals surface area (Å²) in [5, 5.41) is 2.76.